The highest BCUT2D eigenvalue weighted by Gasteiger charge is 2.32. The van der Waals surface area contributed by atoms with E-state index in [2.05, 4.69) is 10.6 Å². The number of methoxy groups -OCH3 is 1. The second-order valence-electron chi connectivity index (χ2n) is 5.13. The zero-order chi connectivity index (χ0) is 17.9. The lowest BCUT2D eigenvalue weighted by Crippen LogP contribution is -2.45. The molecule has 1 atom stereocenters. The van der Waals surface area contributed by atoms with Gasteiger partial charge in [0, 0.05) is 11.8 Å². The standard InChI is InChI=1S/C15H16ClN3O4S/c1-3-4-10-12(14(20)23-2)13(18-15(24)17-10)8-5-6-9(16)11(7-8)19(21)22/h5-7,13H,3-4H2,1-2H3,(H2,17,18,24)/t13-/m0/s1. The first-order chi connectivity index (χ1) is 11.4. The van der Waals surface area contributed by atoms with Gasteiger partial charge in [-0.05, 0) is 30.3 Å². The minimum atomic E-state index is -0.649. The molecule has 2 N–H and O–H groups in total. The zero-order valence-electron chi connectivity index (χ0n) is 13.1. The van der Waals surface area contributed by atoms with Crippen molar-refractivity contribution in [3.05, 3.63) is 50.2 Å². The minimum absolute atomic E-state index is 0.0256. The lowest BCUT2D eigenvalue weighted by atomic mass is 9.93. The molecular weight excluding hydrogens is 354 g/mol. The number of nitrogens with one attached hydrogen (secondary N) is 2. The number of nitrogens with zero attached hydrogens (tertiary/aromatic N) is 1. The van der Waals surface area contributed by atoms with Crippen LogP contribution in [-0.2, 0) is 9.53 Å². The molecule has 1 aliphatic heterocycles. The molecule has 0 amide bonds. The van der Waals surface area contributed by atoms with E-state index in [1.165, 1.54) is 19.2 Å². The van der Waals surface area contributed by atoms with Crippen LogP contribution in [0.5, 0.6) is 0 Å². The number of nitro groups is 1. The molecule has 0 saturated heterocycles. The smallest absolute Gasteiger partial charge is 0.337 e. The van der Waals surface area contributed by atoms with Crippen LogP contribution in [0.15, 0.2) is 29.5 Å². The number of carbonyl (C=O) groups is 1. The van der Waals surface area contributed by atoms with Gasteiger partial charge in [0.25, 0.3) is 5.69 Å². The molecule has 0 radical (unpaired) electrons. The number of rotatable bonds is 5. The van der Waals surface area contributed by atoms with Crippen LogP contribution < -0.4 is 10.6 Å². The van der Waals surface area contributed by atoms with Crippen molar-refractivity contribution in [3.63, 3.8) is 0 Å². The van der Waals surface area contributed by atoms with Crippen LogP contribution in [0.3, 0.4) is 0 Å². The Balaban J connectivity index is 2.58. The Bertz CT molecular complexity index is 735. The Morgan fingerprint density at radius 1 is 1.50 bits per heavy atom. The molecule has 24 heavy (non-hydrogen) atoms. The van der Waals surface area contributed by atoms with E-state index < -0.39 is 16.9 Å². The third kappa shape index (κ3) is 3.65. The molecule has 0 spiro atoms. The summed E-state index contributed by atoms with van der Waals surface area (Å²) in [6.07, 6.45) is 1.39. The molecular formula is C15H16ClN3O4S. The number of esters is 1. The van der Waals surface area contributed by atoms with Crippen LogP contribution in [0.4, 0.5) is 5.69 Å². The van der Waals surface area contributed by atoms with Gasteiger partial charge >= 0.3 is 5.97 Å². The van der Waals surface area contributed by atoms with Crippen molar-refractivity contribution in [1.29, 1.82) is 0 Å². The predicted molar refractivity (Wildman–Crippen MR) is 93.7 cm³/mol. The number of carbonyl (C=O) groups excluding carboxylic acids is 1. The van der Waals surface area contributed by atoms with Crippen LogP contribution in [0.25, 0.3) is 0 Å². The normalized spacial score (nSPS) is 17.1. The van der Waals surface area contributed by atoms with Gasteiger partial charge in [-0.25, -0.2) is 4.79 Å². The molecule has 0 aromatic heterocycles. The molecule has 0 aliphatic carbocycles. The summed E-state index contributed by atoms with van der Waals surface area (Å²) in [7, 11) is 1.28. The number of thiocarbonyl (C=S) groups is 1. The highest BCUT2D eigenvalue weighted by Crippen LogP contribution is 2.33. The largest absolute Gasteiger partial charge is 0.466 e. The van der Waals surface area contributed by atoms with Gasteiger partial charge in [0.15, 0.2) is 5.11 Å². The summed E-state index contributed by atoms with van der Waals surface area (Å²) >= 11 is 11.1. The maximum Gasteiger partial charge on any atom is 0.337 e. The second kappa shape index (κ2) is 7.59. The maximum atomic E-state index is 12.3. The molecule has 1 aromatic carbocycles. The number of hydrogen-bond acceptors (Lipinski definition) is 5. The van der Waals surface area contributed by atoms with Gasteiger partial charge in [0.2, 0.25) is 0 Å². The molecule has 2 rings (SSSR count). The van der Waals surface area contributed by atoms with Gasteiger partial charge in [-0.2, -0.15) is 0 Å². The summed E-state index contributed by atoms with van der Waals surface area (Å²) in [5.41, 5.74) is 1.27. The average Bonchev–Trinajstić information content (AvgIpc) is 2.54. The van der Waals surface area contributed by atoms with Crippen molar-refractivity contribution in [2.45, 2.75) is 25.8 Å². The van der Waals surface area contributed by atoms with E-state index in [4.69, 9.17) is 28.6 Å². The summed E-state index contributed by atoms with van der Waals surface area (Å²) in [6, 6.07) is 3.73. The van der Waals surface area contributed by atoms with E-state index in [-0.39, 0.29) is 10.7 Å². The molecule has 0 fully saturated rings. The fourth-order valence-electron chi connectivity index (χ4n) is 2.52. The molecule has 128 valence electrons. The fraction of sp³-hybridized carbons (Fsp3) is 0.333. The van der Waals surface area contributed by atoms with Crippen molar-refractivity contribution in [3.8, 4) is 0 Å². The first-order valence-corrected chi connectivity index (χ1v) is 8.00. The van der Waals surface area contributed by atoms with E-state index in [9.17, 15) is 14.9 Å². The van der Waals surface area contributed by atoms with Crippen molar-refractivity contribution >= 4 is 40.6 Å². The van der Waals surface area contributed by atoms with E-state index in [0.29, 0.717) is 28.4 Å². The Labute approximate surface area is 149 Å². The lowest BCUT2D eigenvalue weighted by molar-refractivity contribution is -0.384. The van der Waals surface area contributed by atoms with Gasteiger partial charge in [0.05, 0.1) is 23.6 Å². The highest BCUT2D eigenvalue weighted by atomic mass is 35.5. The van der Waals surface area contributed by atoms with Crippen LogP contribution in [0, 0.1) is 10.1 Å². The predicted octanol–water partition coefficient (Wildman–Crippen LogP) is 2.99. The number of allylic oxidation sites excluding steroid dienone is 1. The van der Waals surface area contributed by atoms with Gasteiger partial charge in [-0.15, -0.1) is 0 Å². The Hall–Kier alpha value is -2.19. The lowest BCUT2D eigenvalue weighted by Gasteiger charge is -2.30. The van der Waals surface area contributed by atoms with Gasteiger partial charge in [0.1, 0.15) is 5.02 Å². The van der Waals surface area contributed by atoms with Crippen LogP contribution in [0.2, 0.25) is 5.02 Å². The van der Waals surface area contributed by atoms with Gasteiger partial charge in [-0.1, -0.05) is 31.0 Å². The van der Waals surface area contributed by atoms with Crippen molar-refractivity contribution in [2.75, 3.05) is 7.11 Å². The monoisotopic (exact) mass is 369 g/mol. The zero-order valence-corrected chi connectivity index (χ0v) is 14.7. The molecule has 0 bridgehead atoms. The van der Waals surface area contributed by atoms with Crippen molar-refractivity contribution in [2.24, 2.45) is 0 Å². The van der Waals surface area contributed by atoms with Crippen LogP contribution in [-0.4, -0.2) is 23.1 Å². The summed E-state index contributed by atoms with van der Waals surface area (Å²) < 4.78 is 4.87. The summed E-state index contributed by atoms with van der Waals surface area (Å²) in [6.45, 7) is 1.97. The van der Waals surface area contributed by atoms with Crippen molar-refractivity contribution in [1.82, 2.24) is 10.6 Å². The summed E-state index contributed by atoms with van der Waals surface area (Å²) in [5.74, 6) is -0.524. The van der Waals surface area contributed by atoms with Gasteiger partial charge < -0.3 is 15.4 Å². The molecule has 0 saturated carbocycles. The fourth-order valence-corrected chi connectivity index (χ4v) is 2.94. The molecule has 9 heteroatoms. The first kappa shape index (κ1) is 18.2. The van der Waals surface area contributed by atoms with E-state index in [0.717, 1.165) is 6.42 Å². The minimum Gasteiger partial charge on any atom is -0.466 e. The molecule has 7 nitrogen and oxygen atoms in total. The number of ether oxygens (including phenoxy) is 1. The number of halogens is 1. The number of benzene rings is 1. The SMILES string of the molecule is CCCC1=C(C(=O)OC)[C@H](c2ccc(Cl)c([N+](=O)[O-])c2)NC(=S)N1. The van der Waals surface area contributed by atoms with E-state index in [1.807, 2.05) is 6.92 Å². The summed E-state index contributed by atoms with van der Waals surface area (Å²) in [4.78, 5) is 22.8. The first-order valence-electron chi connectivity index (χ1n) is 7.21. The van der Waals surface area contributed by atoms with E-state index >= 15 is 0 Å². The van der Waals surface area contributed by atoms with Crippen LogP contribution in [0.1, 0.15) is 31.4 Å². The average molecular weight is 370 g/mol. The topological polar surface area (TPSA) is 93.5 Å². The number of nitro benzene ring substituents is 1. The Morgan fingerprint density at radius 3 is 2.79 bits per heavy atom. The number of hydrogen-bond donors (Lipinski definition) is 2. The molecule has 1 heterocycles. The Morgan fingerprint density at radius 2 is 2.21 bits per heavy atom. The molecule has 1 aliphatic rings. The summed E-state index contributed by atoms with van der Waals surface area (Å²) in [5, 5.41) is 17.4. The Kier molecular flexibility index (Phi) is 5.74. The maximum absolute atomic E-state index is 12.3. The quantitative estimate of drug-likeness (QED) is 0.356. The third-order valence-corrected chi connectivity index (χ3v) is 4.10. The molecule has 1 aromatic rings. The second-order valence-corrected chi connectivity index (χ2v) is 5.95. The van der Waals surface area contributed by atoms with E-state index in [1.54, 1.807) is 6.07 Å². The third-order valence-electron chi connectivity index (χ3n) is 3.56. The molecule has 0 unspecified atom stereocenters. The highest BCUT2D eigenvalue weighted by molar-refractivity contribution is 7.80. The van der Waals surface area contributed by atoms with Crippen molar-refractivity contribution < 1.29 is 14.5 Å². The van der Waals surface area contributed by atoms with Crippen LogP contribution >= 0.6 is 23.8 Å². The van der Waals surface area contributed by atoms with Gasteiger partial charge in [-0.3, -0.25) is 10.1 Å².